The Morgan fingerprint density at radius 2 is 1.81 bits per heavy atom. The van der Waals surface area contributed by atoms with E-state index in [0.29, 0.717) is 15.7 Å². The van der Waals surface area contributed by atoms with Crippen LogP contribution in [-0.2, 0) is 5.54 Å². The summed E-state index contributed by atoms with van der Waals surface area (Å²) in [6, 6.07) is 3.16. The molecule has 8 heteroatoms. The van der Waals surface area contributed by atoms with Gasteiger partial charge in [-0.1, -0.05) is 23.2 Å². The number of hydrogen-bond donors (Lipinski definition) is 2. The average molecular weight is 329 g/mol. The van der Waals surface area contributed by atoms with Crippen molar-refractivity contribution in [3.8, 4) is 5.69 Å². The Balaban J connectivity index is 2.65. The fraction of sp³-hybridized carbons (Fsp3) is 0.308. The topological polar surface area (TPSA) is 79.8 Å². The van der Waals surface area contributed by atoms with Gasteiger partial charge in [-0.15, -0.1) is 0 Å². The van der Waals surface area contributed by atoms with E-state index < -0.39 is 16.8 Å². The van der Waals surface area contributed by atoms with Crippen LogP contribution in [0.15, 0.2) is 27.9 Å². The van der Waals surface area contributed by atoms with E-state index in [2.05, 4.69) is 15.4 Å². The number of aromatic amines is 1. The molecule has 0 aliphatic rings. The molecule has 21 heavy (non-hydrogen) atoms. The van der Waals surface area contributed by atoms with Gasteiger partial charge in [0.1, 0.15) is 6.20 Å². The van der Waals surface area contributed by atoms with Crippen molar-refractivity contribution < 1.29 is 0 Å². The lowest BCUT2D eigenvalue weighted by atomic mass is 9.94. The third-order valence-electron chi connectivity index (χ3n) is 3.23. The Hall–Kier alpha value is -1.63. The van der Waals surface area contributed by atoms with Gasteiger partial charge in [0.15, 0.2) is 0 Å². The lowest BCUT2D eigenvalue weighted by molar-refractivity contribution is 0.445. The molecule has 1 aromatic heterocycles. The molecule has 2 aromatic rings. The Morgan fingerprint density at radius 3 is 2.29 bits per heavy atom. The van der Waals surface area contributed by atoms with E-state index in [4.69, 9.17) is 23.2 Å². The van der Waals surface area contributed by atoms with Crippen LogP contribution in [0.1, 0.15) is 19.4 Å². The molecule has 1 aromatic carbocycles. The molecule has 112 valence electrons. The van der Waals surface area contributed by atoms with Crippen LogP contribution in [0.4, 0.5) is 0 Å². The van der Waals surface area contributed by atoms with Gasteiger partial charge in [0.05, 0.1) is 5.69 Å². The molecule has 2 N–H and O–H groups in total. The molecule has 0 atom stereocenters. The van der Waals surface area contributed by atoms with Crippen LogP contribution >= 0.6 is 23.2 Å². The lowest BCUT2D eigenvalue weighted by Gasteiger charge is -2.27. The van der Waals surface area contributed by atoms with Crippen molar-refractivity contribution in [1.29, 1.82) is 0 Å². The van der Waals surface area contributed by atoms with Crippen molar-refractivity contribution in [2.75, 3.05) is 7.05 Å². The van der Waals surface area contributed by atoms with Crippen molar-refractivity contribution in [3.05, 3.63) is 54.8 Å². The highest BCUT2D eigenvalue weighted by Crippen LogP contribution is 2.35. The van der Waals surface area contributed by atoms with E-state index in [0.717, 1.165) is 16.4 Å². The van der Waals surface area contributed by atoms with Gasteiger partial charge in [0, 0.05) is 21.1 Å². The molecule has 0 aliphatic carbocycles. The maximum absolute atomic E-state index is 11.7. The standard InChI is InChI=1S/C13H14Cl2N4O2/c1-13(2,16-3)11-8(14)4-7(5-9(11)15)19-12(21)18-10(20)6-17-19/h4-6,16H,1-3H3,(H,18,20,21). The second-order valence-corrected chi connectivity index (χ2v) is 5.82. The summed E-state index contributed by atoms with van der Waals surface area (Å²) in [4.78, 5) is 24.9. The Kier molecular flexibility index (Phi) is 4.22. The Morgan fingerprint density at radius 1 is 1.24 bits per heavy atom. The first kappa shape index (κ1) is 15.8. The molecule has 0 radical (unpaired) electrons. The summed E-state index contributed by atoms with van der Waals surface area (Å²) in [5.41, 5.74) is -0.566. The van der Waals surface area contributed by atoms with Crippen LogP contribution < -0.4 is 16.6 Å². The van der Waals surface area contributed by atoms with Crippen LogP contribution in [0.2, 0.25) is 10.0 Å². The number of aromatic nitrogens is 3. The molecule has 0 amide bonds. The van der Waals surface area contributed by atoms with Gasteiger partial charge in [-0.3, -0.25) is 9.78 Å². The first-order valence-corrected chi connectivity index (χ1v) is 6.89. The largest absolute Gasteiger partial charge is 0.349 e. The molecular weight excluding hydrogens is 315 g/mol. The smallest absolute Gasteiger partial charge is 0.311 e. The third kappa shape index (κ3) is 3.02. The number of H-pyrrole nitrogens is 1. The van der Waals surface area contributed by atoms with Crippen molar-refractivity contribution in [2.24, 2.45) is 0 Å². The van der Waals surface area contributed by atoms with Crippen LogP contribution in [0.25, 0.3) is 5.69 Å². The van der Waals surface area contributed by atoms with Gasteiger partial charge in [-0.05, 0) is 33.0 Å². The summed E-state index contributed by atoms with van der Waals surface area (Å²) < 4.78 is 1.02. The van der Waals surface area contributed by atoms with Gasteiger partial charge >= 0.3 is 5.69 Å². The maximum Gasteiger partial charge on any atom is 0.349 e. The van der Waals surface area contributed by atoms with Gasteiger partial charge in [-0.2, -0.15) is 9.78 Å². The number of rotatable bonds is 3. The molecule has 0 unspecified atom stereocenters. The number of halogens is 2. The zero-order valence-corrected chi connectivity index (χ0v) is 13.2. The number of nitrogens with zero attached hydrogens (tertiary/aromatic N) is 2. The van der Waals surface area contributed by atoms with Crippen LogP contribution in [-0.4, -0.2) is 21.8 Å². The fourth-order valence-electron chi connectivity index (χ4n) is 1.94. The second kappa shape index (κ2) is 5.63. The summed E-state index contributed by atoms with van der Waals surface area (Å²) in [6.45, 7) is 3.87. The highest BCUT2D eigenvalue weighted by atomic mass is 35.5. The van der Waals surface area contributed by atoms with E-state index in [1.807, 2.05) is 13.8 Å². The minimum Gasteiger partial charge on any atom is -0.311 e. The van der Waals surface area contributed by atoms with Crippen LogP contribution in [0.3, 0.4) is 0 Å². The first-order valence-electron chi connectivity index (χ1n) is 6.14. The van der Waals surface area contributed by atoms with E-state index in [9.17, 15) is 9.59 Å². The molecule has 0 fully saturated rings. The monoisotopic (exact) mass is 328 g/mol. The molecule has 0 saturated carbocycles. The zero-order chi connectivity index (χ0) is 15.8. The van der Waals surface area contributed by atoms with Gasteiger partial charge < -0.3 is 5.32 Å². The predicted octanol–water partition coefficient (Wildman–Crippen LogP) is 1.68. The minimum absolute atomic E-state index is 0.377. The summed E-state index contributed by atoms with van der Waals surface area (Å²) in [5, 5.41) is 7.69. The summed E-state index contributed by atoms with van der Waals surface area (Å²) in [7, 11) is 1.80. The average Bonchev–Trinajstić information content (AvgIpc) is 2.37. The van der Waals surface area contributed by atoms with E-state index in [1.54, 1.807) is 19.2 Å². The third-order valence-corrected chi connectivity index (χ3v) is 3.83. The molecular formula is C13H14Cl2N4O2. The van der Waals surface area contributed by atoms with Crippen molar-refractivity contribution in [1.82, 2.24) is 20.1 Å². The maximum atomic E-state index is 11.7. The predicted molar refractivity (Wildman–Crippen MR) is 82.6 cm³/mol. The van der Waals surface area contributed by atoms with E-state index >= 15 is 0 Å². The molecule has 0 bridgehead atoms. The first-order chi connectivity index (χ1) is 9.76. The van der Waals surface area contributed by atoms with Gasteiger partial charge in [0.25, 0.3) is 5.56 Å². The molecule has 0 saturated heterocycles. The molecule has 6 nitrogen and oxygen atoms in total. The van der Waals surface area contributed by atoms with Crippen molar-refractivity contribution >= 4 is 23.2 Å². The quantitative estimate of drug-likeness (QED) is 0.898. The van der Waals surface area contributed by atoms with Crippen LogP contribution in [0.5, 0.6) is 0 Å². The highest BCUT2D eigenvalue weighted by molar-refractivity contribution is 6.36. The Bertz CT molecular complexity index is 772. The molecule has 0 aliphatic heterocycles. The van der Waals surface area contributed by atoms with E-state index in [-0.39, 0.29) is 0 Å². The van der Waals surface area contributed by atoms with E-state index in [1.165, 1.54) is 0 Å². The summed E-state index contributed by atoms with van der Waals surface area (Å²) in [5.74, 6) is 0. The Labute approximate surface area is 130 Å². The summed E-state index contributed by atoms with van der Waals surface area (Å²) >= 11 is 12.6. The number of hydrogen-bond acceptors (Lipinski definition) is 4. The zero-order valence-electron chi connectivity index (χ0n) is 11.7. The highest BCUT2D eigenvalue weighted by Gasteiger charge is 2.25. The summed E-state index contributed by atoms with van der Waals surface area (Å²) in [6.07, 6.45) is 1.01. The lowest BCUT2D eigenvalue weighted by Crippen LogP contribution is -2.34. The molecule has 1 heterocycles. The van der Waals surface area contributed by atoms with Crippen molar-refractivity contribution in [3.63, 3.8) is 0 Å². The normalized spacial score (nSPS) is 11.7. The number of nitrogens with one attached hydrogen (secondary N) is 2. The SMILES string of the molecule is CNC(C)(C)c1c(Cl)cc(-n2ncc(=O)[nH]c2=O)cc1Cl. The minimum atomic E-state index is -0.657. The van der Waals surface area contributed by atoms with Gasteiger partial charge in [0.2, 0.25) is 0 Å². The second-order valence-electron chi connectivity index (χ2n) is 5.01. The molecule has 0 spiro atoms. The van der Waals surface area contributed by atoms with Crippen molar-refractivity contribution in [2.45, 2.75) is 19.4 Å². The van der Waals surface area contributed by atoms with Crippen LogP contribution in [0, 0.1) is 0 Å². The number of benzene rings is 1. The van der Waals surface area contributed by atoms with Gasteiger partial charge in [-0.25, -0.2) is 4.79 Å². The fourth-order valence-corrected chi connectivity index (χ4v) is 2.89. The molecule has 2 rings (SSSR count).